The Morgan fingerprint density at radius 2 is 1.84 bits per heavy atom. The maximum atomic E-state index is 11.9. The van der Waals surface area contributed by atoms with Gasteiger partial charge < -0.3 is 5.11 Å². The molecule has 0 bridgehead atoms. The van der Waals surface area contributed by atoms with Crippen molar-refractivity contribution in [2.45, 2.75) is 32.6 Å². The quantitative estimate of drug-likeness (QED) is 0.630. The van der Waals surface area contributed by atoms with Crippen molar-refractivity contribution in [1.82, 2.24) is 5.32 Å². The average molecular weight is 259 g/mol. The van der Waals surface area contributed by atoms with Gasteiger partial charge in [0.1, 0.15) is 5.75 Å². The van der Waals surface area contributed by atoms with Gasteiger partial charge in [-0.1, -0.05) is 38.0 Å². The van der Waals surface area contributed by atoms with E-state index < -0.39 is 5.91 Å². The van der Waals surface area contributed by atoms with Crippen LogP contribution in [0.5, 0.6) is 5.75 Å². The van der Waals surface area contributed by atoms with Crippen LogP contribution in [0.1, 0.15) is 38.2 Å². The predicted octanol–water partition coefficient (Wildman–Crippen LogP) is 2.38. The van der Waals surface area contributed by atoms with Crippen LogP contribution in [0.2, 0.25) is 0 Å². The fourth-order valence-corrected chi connectivity index (χ4v) is 2.25. The summed E-state index contributed by atoms with van der Waals surface area (Å²) in [6.45, 7) is 2.08. The zero-order chi connectivity index (χ0) is 13.8. The zero-order valence-corrected chi connectivity index (χ0v) is 10.9. The van der Waals surface area contributed by atoms with Gasteiger partial charge in [-0.05, 0) is 18.9 Å². The Morgan fingerprint density at radius 3 is 2.53 bits per heavy atom. The topological polar surface area (TPSA) is 66.4 Å². The molecule has 4 nitrogen and oxygen atoms in total. The molecule has 1 heterocycles. The second kappa shape index (κ2) is 5.69. The van der Waals surface area contributed by atoms with Crippen molar-refractivity contribution in [2.75, 3.05) is 0 Å². The average Bonchev–Trinajstić information content (AvgIpc) is 2.66. The van der Waals surface area contributed by atoms with Gasteiger partial charge in [0.15, 0.2) is 0 Å². The number of carbonyl (C=O) groups is 2. The van der Waals surface area contributed by atoms with Crippen molar-refractivity contribution < 1.29 is 14.7 Å². The summed E-state index contributed by atoms with van der Waals surface area (Å²) in [5, 5.41) is 12.1. The third kappa shape index (κ3) is 2.67. The number of imide groups is 1. The molecular formula is C15H17NO3. The molecule has 0 saturated heterocycles. The summed E-state index contributed by atoms with van der Waals surface area (Å²) in [6, 6.07) is 6.59. The number of hydrogen-bond donors (Lipinski definition) is 2. The van der Waals surface area contributed by atoms with E-state index in [-0.39, 0.29) is 11.7 Å². The maximum absolute atomic E-state index is 11.9. The normalized spacial score (nSPS) is 15.0. The fourth-order valence-electron chi connectivity index (χ4n) is 2.25. The Morgan fingerprint density at radius 1 is 1.11 bits per heavy atom. The summed E-state index contributed by atoms with van der Waals surface area (Å²) >= 11 is 0. The summed E-state index contributed by atoms with van der Waals surface area (Å²) in [6.07, 6.45) is 3.49. The van der Waals surface area contributed by atoms with Crippen LogP contribution >= 0.6 is 0 Å². The van der Waals surface area contributed by atoms with Gasteiger partial charge in [0, 0.05) is 11.1 Å². The molecule has 100 valence electrons. The van der Waals surface area contributed by atoms with Crippen LogP contribution in [0.25, 0.3) is 5.57 Å². The van der Waals surface area contributed by atoms with E-state index in [0.29, 0.717) is 23.1 Å². The zero-order valence-electron chi connectivity index (χ0n) is 10.9. The first-order valence-corrected chi connectivity index (χ1v) is 6.52. The molecule has 1 aromatic rings. The van der Waals surface area contributed by atoms with Gasteiger partial charge in [-0.25, -0.2) is 0 Å². The highest BCUT2D eigenvalue weighted by Crippen LogP contribution is 2.32. The van der Waals surface area contributed by atoms with Crippen molar-refractivity contribution >= 4 is 17.4 Å². The number of para-hydroxylation sites is 1. The summed E-state index contributed by atoms with van der Waals surface area (Å²) < 4.78 is 0. The third-order valence-electron chi connectivity index (χ3n) is 3.23. The lowest BCUT2D eigenvalue weighted by Gasteiger charge is -2.06. The minimum atomic E-state index is -0.419. The molecular weight excluding hydrogens is 242 g/mol. The highest BCUT2D eigenvalue weighted by Gasteiger charge is 2.31. The molecule has 2 N–H and O–H groups in total. The molecule has 19 heavy (non-hydrogen) atoms. The summed E-state index contributed by atoms with van der Waals surface area (Å²) in [5.74, 6) is -0.729. The highest BCUT2D eigenvalue weighted by atomic mass is 16.3. The molecule has 2 rings (SSSR count). The van der Waals surface area contributed by atoms with Gasteiger partial charge in [-0.2, -0.15) is 0 Å². The second-order valence-electron chi connectivity index (χ2n) is 4.61. The number of carbonyl (C=O) groups excluding carboxylic acids is 2. The van der Waals surface area contributed by atoms with Gasteiger partial charge in [0.25, 0.3) is 11.8 Å². The number of amides is 2. The number of benzene rings is 1. The van der Waals surface area contributed by atoms with Crippen LogP contribution in [0, 0.1) is 0 Å². The summed E-state index contributed by atoms with van der Waals surface area (Å²) in [7, 11) is 0. The molecule has 0 unspecified atom stereocenters. The van der Waals surface area contributed by atoms with Crippen molar-refractivity contribution in [3.8, 4) is 5.75 Å². The Bertz CT molecular complexity index is 546. The number of aromatic hydroxyl groups is 1. The number of rotatable bonds is 5. The van der Waals surface area contributed by atoms with Crippen LogP contribution in [0.15, 0.2) is 29.8 Å². The van der Waals surface area contributed by atoms with Crippen molar-refractivity contribution in [2.24, 2.45) is 0 Å². The number of nitrogens with one attached hydrogen (secondary N) is 1. The third-order valence-corrected chi connectivity index (χ3v) is 3.23. The van der Waals surface area contributed by atoms with Gasteiger partial charge in [0.2, 0.25) is 0 Å². The maximum Gasteiger partial charge on any atom is 0.259 e. The predicted molar refractivity (Wildman–Crippen MR) is 72.3 cm³/mol. The first-order chi connectivity index (χ1) is 9.15. The molecule has 0 saturated carbocycles. The molecule has 1 aliphatic heterocycles. The van der Waals surface area contributed by atoms with E-state index in [1.165, 1.54) is 6.07 Å². The van der Waals surface area contributed by atoms with E-state index in [1.54, 1.807) is 18.2 Å². The van der Waals surface area contributed by atoms with E-state index in [4.69, 9.17) is 0 Å². The lowest BCUT2D eigenvalue weighted by atomic mass is 9.97. The Labute approximate surface area is 112 Å². The first kappa shape index (κ1) is 13.3. The molecule has 4 heteroatoms. The van der Waals surface area contributed by atoms with Crippen molar-refractivity contribution in [1.29, 1.82) is 0 Å². The monoisotopic (exact) mass is 259 g/mol. The van der Waals surface area contributed by atoms with Crippen molar-refractivity contribution in [3.63, 3.8) is 0 Å². The molecule has 0 aromatic heterocycles. The standard InChI is InChI=1S/C15H17NO3/c1-2-3-4-8-11-13(15(19)16-14(11)18)10-7-5-6-9-12(10)17/h5-7,9,17H,2-4,8H2,1H3,(H,16,18,19). The minimum absolute atomic E-state index is 0.0235. The van der Waals surface area contributed by atoms with Crippen LogP contribution < -0.4 is 5.32 Å². The van der Waals surface area contributed by atoms with Crippen LogP contribution in [0.4, 0.5) is 0 Å². The lowest BCUT2D eigenvalue weighted by molar-refractivity contribution is -0.123. The van der Waals surface area contributed by atoms with E-state index >= 15 is 0 Å². The first-order valence-electron chi connectivity index (χ1n) is 6.52. The largest absolute Gasteiger partial charge is 0.507 e. The van der Waals surface area contributed by atoms with E-state index in [1.807, 2.05) is 0 Å². The van der Waals surface area contributed by atoms with Crippen LogP contribution in [-0.4, -0.2) is 16.9 Å². The van der Waals surface area contributed by atoms with Crippen LogP contribution in [0.3, 0.4) is 0 Å². The van der Waals surface area contributed by atoms with Gasteiger partial charge in [-0.3, -0.25) is 14.9 Å². The van der Waals surface area contributed by atoms with Crippen molar-refractivity contribution in [3.05, 3.63) is 35.4 Å². The molecule has 0 radical (unpaired) electrons. The smallest absolute Gasteiger partial charge is 0.259 e. The number of unbranched alkanes of at least 4 members (excludes halogenated alkanes) is 2. The molecule has 1 aliphatic rings. The Balaban J connectivity index is 2.39. The van der Waals surface area contributed by atoms with Gasteiger partial charge in [-0.15, -0.1) is 0 Å². The summed E-state index contributed by atoms with van der Waals surface area (Å²) in [4.78, 5) is 23.7. The van der Waals surface area contributed by atoms with Gasteiger partial charge in [0.05, 0.1) is 5.57 Å². The molecule has 0 aliphatic carbocycles. The Kier molecular flexibility index (Phi) is 4.00. The second-order valence-corrected chi connectivity index (χ2v) is 4.61. The van der Waals surface area contributed by atoms with E-state index in [2.05, 4.69) is 12.2 Å². The fraction of sp³-hybridized carbons (Fsp3) is 0.333. The van der Waals surface area contributed by atoms with E-state index in [0.717, 1.165) is 19.3 Å². The number of hydrogen-bond acceptors (Lipinski definition) is 3. The molecule has 1 aromatic carbocycles. The SMILES string of the molecule is CCCCCC1=C(c2ccccc2O)C(=O)NC1=O. The Hall–Kier alpha value is -2.10. The number of phenolic OH excluding ortho intramolecular Hbond substituents is 1. The van der Waals surface area contributed by atoms with E-state index in [9.17, 15) is 14.7 Å². The molecule has 0 fully saturated rings. The molecule has 2 amide bonds. The summed E-state index contributed by atoms with van der Waals surface area (Å²) in [5.41, 5.74) is 1.23. The molecule has 0 spiro atoms. The number of phenols is 1. The highest BCUT2D eigenvalue weighted by molar-refractivity contribution is 6.36. The minimum Gasteiger partial charge on any atom is -0.507 e. The van der Waals surface area contributed by atoms with Gasteiger partial charge >= 0.3 is 0 Å². The molecule has 0 atom stereocenters. The lowest BCUT2D eigenvalue weighted by Crippen LogP contribution is -2.23. The van der Waals surface area contributed by atoms with Crippen LogP contribution in [-0.2, 0) is 9.59 Å².